The molecular formula is C10H12N4O4S. The average Bonchev–Trinajstić information content (AvgIpc) is 2.27. The molecule has 0 spiro atoms. The first-order chi connectivity index (χ1) is 8.92. The van der Waals surface area contributed by atoms with Crippen molar-refractivity contribution in [3.8, 4) is 0 Å². The molecule has 1 aromatic heterocycles. The van der Waals surface area contributed by atoms with Crippen LogP contribution in [0.25, 0.3) is 0 Å². The zero-order chi connectivity index (χ0) is 14.4. The Bertz CT molecular complexity index is 514. The van der Waals surface area contributed by atoms with Crippen LogP contribution in [0.3, 0.4) is 0 Å². The predicted octanol–water partition coefficient (Wildman–Crippen LogP) is 1.63. The fourth-order valence-corrected chi connectivity index (χ4v) is 1.76. The fourth-order valence-electron chi connectivity index (χ4n) is 1.22. The van der Waals surface area contributed by atoms with Crippen LogP contribution >= 0.6 is 11.8 Å². The Labute approximate surface area is 113 Å². The van der Waals surface area contributed by atoms with Crippen LogP contribution < -0.4 is 10.6 Å². The Morgan fingerprint density at radius 2 is 1.84 bits per heavy atom. The molecule has 1 heterocycles. The third-order valence-electron chi connectivity index (χ3n) is 1.92. The average molecular weight is 284 g/mol. The quantitative estimate of drug-likeness (QED) is 0.372. The molecule has 0 aliphatic heterocycles. The highest BCUT2D eigenvalue weighted by molar-refractivity contribution is 7.98. The summed E-state index contributed by atoms with van der Waals surface area (Å²) in [5.41, 5.74) is 0.721. The Kier molecular flexibility index (Phi) is 5.12. The number of carbonyl (C=O) groups is 2. The van der Waals surface area contributed by atoms with Gasteiger partial charge in [0, 0.05) is 4.90 Å². The standard InChI is InChI=1S/C10H12N4O4S/c1-5-6(19-2)3-4-7(11-5)12-8(13-9(15)16)14-10(17)18/h3-4H,1-2H3,(H,15,16)(H,17,18)(H2,11,12,13,14). The van der Waals surface area contributed by atoms with Crippen LogP contribution in [0, 0.1) is 6.92 Å². The van der Waals surface area contributed by atoms with Gasteiger partial charge in [0.15, 0.2) is 5.82 Å². The molecule has 2 amide bonds. The first kappa shape index (κ1) is 14.8. The monoisotopic (exact) mass is 284 g/mol. The van der Waals surface area contributed by atoms with Crippen LogP contribution in [-0.2, 0) is 0 Å². The number of carboxylic acid groups (broad SMARTS) is 2. The normalized spacial score (nSPS) is 9.58. The molecule has 102 valence electrons. The van der Waals surface area contributed by atoms with Crippen molar-refractivity contribution < 1.29 is 19.8 Å². The SMILES string of the molecule is CSc1ccc(N=C(NC(=O)O)NC(=O)O)nc1C. The van der Waals surface area contributed by atoms with Gasteiger partial charge in [0.25, 0.3) is 0 Å². The number of amides is 2. The summed E-state index contributed by atoms with van der Waals surface area (Å²) in [4.78, 5) is 29.9. The summed E-state index contributed by atoms with van der Waals surface area (Å²) in [5, 5.41) is 20.8. The lowest BCUT2D eigenvalue weighted by molar-refractivity contribution is 0.197. The molecular weight excluding hydrogens is 272 g/mol. The largest absolute Gasteiger partial charge is 0.465 e. The second-order valence-electron chi connectivity index (χ2n) is 3.28. The molecule has 0 aromatic carbocycles. The Hall–Kier alpha value is -2.29. The van der Waals surface area contributed by atoms with E-state index in [4.69, 9.17) is 10.2 Å². The summed E-state index contributed by atoms with van der Waals surface area (Å²) < 4.78 is 0. The van der Waals surface area contributed by atoms with Gasteiger partial charge in [-0.3, -0.25) is 10.6 Å². The zero-order valence-electron chi connectivity index (χ0n) is 10.2. The van der Waals surface area contributed by atoms with Crippen molar-refractivity contribution in [2.75, 3.05) is 6.26 Å². The minimum Gasteiger partial charge on any atom is -0.465 e. The summed E-state index contributed by atoms with van der Waals surface area (Å²) in [7, 11) is 0. The van der Waals surface area contributed by atoms with E-state index in [-0.39, 0.29) is 5.82 Å². The molecule has 0 radical (unpaired) electrons. The number of pyridine rings is 1. The van der Waals surface area contributed by atoms with Crippen LogP contribution in [0.5, 0.6) is 0 Å². The first-order valence-electron chi connectivity index (χ1n) is 5.02. The van der Waals surface area contributed by atoms with Crippen LogP contribution in [0.2, 0.25) is 0 Å². The van der Waals surface area contributed by atoms with Crippen molar-refractivity contribution in [1.29, 1.82) is 0 Å². The van der Waals surface area contributed by atoms with Gasteiger partial charge in [0.2, 0.25) is 5.96 Å². The molecule has 0 saturated carbocycles. The molecule has 0 aliphatic rings. The van der Waals surface area contributed by atoms with E-state index in [1.165, 1.54) is 11.8 Å². The lowest BCUT2D eigenvalue weighted by atomic mass is 10.4. The highest BCUT2D eigenvalue weighted by Crippen LogP contribution is 2.20. The van der Waals surface area contributed by atoms with Crippen molar-refractivity contribution in [3.05, 3.63) is 17.8 Å². The van der Waals surface area contributed by atoms with E-state index in [0.717, 1.165) is 10.6 Å². The summed E-state index contributed by atoms with van der Waals surface area (Å²) in [6.45, 7) is 1.78. The van der Waals surface area contributed by atoms with Crippen molar-refractivity contribution in [3.63, 3.8) is 0 Å². The van der Waals surface area contributed by atoms with Crippen LogP contribution in [0.1, 0.15) is 5.69 Å². The molecule has 0 saturated heterocycles. The van der Waals surface area contributed by atoms with Gasteiger partial charge in [-0.15, -0.1) is 11.8 Å². The van der Waals surface area contributed by atoms with E-state index in [9.17, 15) is 9.59 Å². The molecule has 0 fully saturated rings. The second kappa shape index (κ2) is 6.59. The highest BCUT2D eigenvalue weighted by Gasteiger charge is 2.08. The maximum absolute atomic E-state index is 10.5. The lowest BCUT2D eigenvalue weighted by Gasteiger charge is -2.06. The molecule has 8 nitrogen and oxygen atoms in total. The summed E-state index contributed by atoms with van der Waals surface area (Å²) >= 11 is 1.51. The molecule has 4 N–H and O–H groups in total. The van der Waals surface area contributed by atoms with Gasteiger partial charge < -0.3 is 10.2 Å². The molecule has 1 aromatic rings. The van der Waals surface area contributed by atoms with Crippen molar-refractivity contribution in [2.24, 2.45) is 4.99 Å². The third kappa shape index (κ3) is 4.84. The zero-order valence-corrected chi connectivity index (χ0v) is 11.0. The number of nitrogens with one attached hydrogen (secondary N) is 2. The smallest absolute Gasteiger partial charge is 0.411 e. The Balaban J connectivity index is 3.03. The first-order valence-corrected chi connectivity index (χ1v) is 6.25. The summed E-state index contributed by atoms with van der Waals surface area (Å²) in [6, 6.07) is 3.33. The maximum atomic E-state index is 10.5. The molecule has 19 heavy (non-hydrogen) atoms. The van der Waals surface area contributed by atoms with Crippen LogP contribution in [-0.4, -0.2) is 39.6 Å². The molecule has 0 atom stereocenters. The summed E-state index contributed by atoms with van der Waals surface area (Å²) in [6.07, 6.45) is -0.953. The van der Waals surface area contributed by atoms with E-state index < -0.39 is 18.1 Å². The van der Waals surface area contributed by atoms with Crippen molar-refractivity contribution >= 4 is 35.7 Å². The minimum absolute atomic E-state index is 0.202. The van der Waals surface area contributed by atoms with Gasteiger partial charge in [-0.05, 0) is 25.3 Å². The van der Waals surface area contributed by atoms with Gasteiger partial charge in [-0.1, -0.05) is 0 Å². The van der Waals surface area contributed by atoms with E-state index >= 15 is 0 Å². The van der Waals surface area contributed by atoms with Gasteiger partial charge >= 0.3 is 12.2 Å². The maximum Gasteiger partial charge on any atom is 0.411 e. The van der Waals surface area contributed by atoms with Gasteiger partial charge in [0.05, 0.1) is 5.69 Å². The van der Waals surface area contributed by atoms with Gasteiger partial charge in [-0.25, -0.2) is 14.6 Å². The number of guanidine groups is 1. The highest BCUT2D eigenvalue weighted by atomic mass is 32.2. The summed E-state index contributed by atoms with van der Waals surface area (Å²) in [5.74, 6) is -0.225. The number of aliphatic imine (C=N–C) groups is 1. The van der Waals surface area contributed by atoms with Gasteiger partial charge in [-0.2, -0.15) is 4.99 Å². The number of rotatable bonds is 2. The Morgan fingerprint density at radius 1 is 1.26 bits per heavy atom. The third-order valence-corrected chi connectivity index (χ3v) is 2.79. The number of hydrogen-bond donors (Lipinski definition) is 4. The fraction of sp³-hybridized carbons (Fsp3) is 0.200. The van der Waals surface area contributed by atoms with E-state index in [1.54, 1.807) is 19.1 Å². The number of hydrogen-bond acceptors (Lipinski definition) is 5. The van der Waals surface area contributed by atoms with E-state index in [2.05, 4.69) is 9.98 Å². The van der Waals surface area contributed by atoms with Crippen molar-refractivity contribution in [1.82, 2.24) is 15.6 Å². The number of aryl methyl sites for hydroxylation is 1. The van der Waals surface area contributed by atoms with E-state index in [1.807, 2.05) is 16.9 Å². The second-order valence-corrected chi connectivity index (χ2v) is 4.13. The van der Waals surface area contributed by atoms with E-state index in [0.29, 0.717) is 0 Å². The molecule has 0 unspecified atom stereocenters. The van der Waals surface area contributed by atoms with Gasteiger partial charge in [0.1, 0.15) is 0 Å². The molecule has 0 aliphatic carbocycles. The number of nitrogens with zero attached hydrogens (tertiary/aromatic N) is 2. The molecule has 1 rings (SSSR count). The number of thioether (sulfide) groups is 1. The topological polar surface area (TPSA) is 124 Å². The molecule has 0 bridgehead atoms. The van der Waals surface area contributed by atoms with Crippen molar-refractivity contribution in [2.45, 2.75) is 11.8 Å². The minimum atomic E-state index is -1.43. The molecule has 9 heteroatoms. The lowest BCUT2D eigenvalue weighted by Crippen LogP contribution is -2.42. The number of aromatic nitrogens is 1. The predicted molar refractivity (Wildman–Crippen MR) is 70.2 cm³/mol. The van der Waals surface area contributed by atoms with Crippen LogP contribution in [0.4, 0.5) is 15.4 Å². The van der Waals surface area contributed by atoms with Crippen LogP contribution in [0.15, 0.2) is 22.0 Å². The Morgan fingerprint density at radius 3 is 2.26 bits per heavy atom.